The molecular formula is C12H8ClF2N. The van der Waals surface area contributed by atoms with Crippen molar-refractivity contribution in [2.75, 3.05) is 0 Å². The first-order valence-electron chi connectivity index (χ1n) is 4.68. The van der Waals surface area contributed by atoms with E-state index in [1.54, 1.807) is 18.2 Å². The van der Waals surface area contributed by atoms with Crippen LogP contribution in [-0.4, -0.2) is 4.98 Å². The minimum atomic E-state index is -0.568. The van der Waals surface area contributed by atoms with Crippen LogP contribution >= 0.6 is 11.6 Å². The maximum atomic E-state index is 12.9. The van der Waals surface area contributed by atoms with Crippen molar-refractivity contribution in [3.63, 3.8) is 0 Å². The Hall–Kier alpha value is -1.48. The molecule has 0 N–H and O–H groups in total. The SMILES string of the molecule is Fc1ccc(-c2ccc(F)nc2CCl)cc1. The molecule has 0 fully saturated rings. The fraction of sp³-hybridized carbons (Fsp3) is 0.0833. The van der Waals surface area contributed by atoms with E-state index in [-0.39, 0.29) is 11.7 Å². The molecular weight excluding hydrogens is 232 g/mol. The van der Waals surface area contributed by atoms with Gasteiger partial charge in [0.2, 0.25) is 5.95 Å². The molecule has 82 valence electrons. The highest BCUT2D eigenvalue weighted by Crippen LogP contribution is 2.24. The molecule has 0 unspecified atom stereocenters. The van der Waals surface area contributed by atoms with Gasteiger partial charge in [-0.25, -0.2) is 9.37 Å². The van der Waals surface area contributed by atoms with Gasteiger partial charge in [-0.15, -0.1) is 11.6 Å². The van der Waals surface area contributed by atoms with Crippen molar-refractivity contribution in [2.24, 2.45) is 0 Å². The van der Waals surface area contributed by atoms with E-state index in [0.29, 0.717) is 5.69 Å². The molecule has 1 aromatic heterocycles. The van der Waals surface area contributed by atoms with Gasteiger partial charge >= 0.3 is 0 Å². The molecule has 16 heavy (non-hydrogen) atoms. The van der Waals surface area contributed by atoms with Crippen molar-refractivity contribution in [3.8, 4) is 11.1 Å². The lowest BCUT2D eigenvalue weighted by molar-refractivity contribution is 0.580. The Balaban J connectivity index is 2.51. The number of rotatable bonds is 2. The summed E-state index contributed by atoms with van der Waals surface area (Å²) in [5.74, 6) is -0.766. The lowest BCUT2D eigenvalue weighted by Crippen LogP contribution is -1.94. The third kappa shape index (κ3) is 2.19. The molecule has 0 spiro atoms. The van der Waals surface area contributed by atoms with E-state index in [1.165, 1.54) is 18.2 Å². The third-order valence-electron chi connectivity index (χ3n) is 2.22. The summed E-state index contributed by atoms with van der Waals surface area (Å²) >= 11 is 5.68. The van der Waals surface area contributed by atoms with Crippen LogP contribution in [0.15, 0.2) is 36.4 Å². The molecule has 0 radical (unpaired) electrons. The van der Waals surface area contributed by atoms with Crippen LogP contribution in [0.1, 0.15) is 5.69 Å². The summed E-state index contributed by atoms with van der Waals surface area (Å²) in [6.07, 6.45) is 0. The van der Waals surface area contributed by atoms with Crippen LogP contribution in [0, 0.1) is 11.8 Å². The van der Waals surface area contributed by atoms with Gasteiger partial charge in [0, 0.05) is 5.56 Å². The van der Waals surface area contributed by atoms with Gasteiger partial charge in [0.05, 0.1) is 11.6 Å². The molecule has 1 heterocycles. The van der Waals surface area contributed by atoms with E-state index in [0.717, 1.165) is 11.1 Å². The Morgan fingerprint density at radius 2 is 1.69 bits per heavy atom. The maximum Gasteiger partial charge on any atom is 0.213 e. The van der Waals surface area contributed by atoms with Gasteiger partial charge in [0.15, 0.2) is 0 Å². The van der Waals surface area contributed by atoms with Crippen LogP contribution < -0.4 is 0 Å². The predicted molar refractivity (Wildman–Crippen MR) is 59.1 cm³/mol. The average Bonchev–Trinajstić information content (AvgIpc) is 2.30. The molecule has 1 nitrogen and oxygen atoms in total. The molecule has 4 heteroatoms. The number of halogens is 3. The van der Waals surface area contributed by atoms with E-state index in [1.807, 2.05) is 0 Å². The van der Waals surface area contributed by atoms with Gasteiger partial charge < -0.3 is 0 Å². The second-order valence-electron chi connectivity index (χ2n) is 3.27. The molecule has 0 amide bonds. The van der Waals surface area contributed by atoms with E-state index in [2.05, 4.69) is 4.98 Å². The molecule has 0 aliphatic heterocycles. The van der Waals surface area contributed by atoms with Gasteiger partial charge in [-0.3, -0.25) is 0 Å². The van der Waals surface area contributed by atoms with Gasteiger partial charge in [0.1, 0.15) is 5.82 Å². The summed E-state index contributed by atoms with van der Waals surface area (Å²) in [5.41, 5.74) is 1.94. The minimum absolute atomic E-state index is 0.116. The zero-order valence-electron chi connectivity index (χ0n) is 8.25. The first-order chi connectivity index (χ1) is 7.70. The van der Waals surface area contributed by atoms with Crippen molar-refractivity contribution in [1.29, 1.82) is 0 Å². The molecule has 1 aromatic carbocycles. The number of alkyl halides is 1. The van der Waals surface area contributed by atoms with Gasteiger partial charge in [-0.1, -0.05) is 12.1 Å². The molecule has 0 bridgehead atoms. The third-order valence-corrected chi connectivity index (χ3v) is 2.48. The Labute approximate surface area is 96.7 Å². The Morgan fingerprint density at radius 1 is 1.00 bits per heavy atom. The lowest BCUT2D eigenvalue weighted by Gasteiger charge is -2.06. The van der Waals surface area contributed by atoms with Crippen molar-refractivity contribution in [2.45, 2.75) is 5.88 Å². The zero-order valence-corrected chi connectivity index (χ0v) is 9.01. The second-order valence-corrected chi connectivity index (χ2v) is 3.54. The average molecular weight is 240 g/mol. The number of benzene rings is 1. The maximum absolute atomic E-state index is 12.9. The second kappa shape index (κ2) is 4.58. The fourth-order valence-electron chi connectivity index (χ4n) is 1.47. The van der Waals surface area contributed by atoms with Crippen LogP contribution in [0.2, 0.25) is 0 Å². The first-order valence-corrected chi connectivity index (χ1v) is 5.21. The number of aromatic nitrogens is 1. The predicted octanol–water partition coefficient (Wildman–Crippen LogP) is 3.77. The summed E-state index contributed by atoms with van der Waals surface area (Å²) in [4.78, 5) is 3.70. The van der Waals surface area contributed by atoms with E-state index >= 15 is 0 Å². The Kier molecular flexibility index (Phi) is 3.15. The summed E-state index contributed by atoms with van der Waals surface area (Å²) in [6, 6.07) is 8.76. The van der Waals surface area contributed by atoms with E-state index in [4.69, 9.17) is 11.6 Å². The highest BCUT2D eigenvalue weighted by Gasteiger charge is 2.07. The monoisotopic (exact) mass is 239 g/mol. The quantitative estimate of drug-likeness (QED) is 0.574. The smallest absolute Gasteiger partial charge is 0.213 e. The minimum Gasteiger partial charge on any atom is -0.223 e. The normalized spacial score (nSPS) is 10.4. The van der Waals surface area contributed by atoms with E-state index < -0.39 is 5.95 Å². The number of pyridine rings is 1. The van der Waals surface area contributed by atoms with Crippen LogP contribution in [-0.2, 0) is 5.88 Å². The summed E-state index contributed by atoms with van der Waals surface area (Å²) in [5, 5.41) is 0. The van der Waals surface area contributed by atoms with Gasteiger partial charge in [0.25, 0.3) is 0 Å². The standard InChI is InChI=1S/C12H8ClF2N/c13-7-11-10(5-6-12(15)16-11)8-1-3-9(14)4-2-8/h1-6H,7H2. The van der Waals surface area contributed by atoms with E-state index in [9.17, 15) is 8.78 Å². The van der Waals surface area contributed by atoms with Crippen molar-refractivity contribution in [1.82, 2.24) is 4.98 Å². The topological polar surface area (TPSA) is 12.9 Å². The largest absolute Gasteiger partial charge is 0.223 e. The zero-order chi connectivity index (χ0) is 11.5. The number of hydrogen-bond acceptors (Lipinski definition) is 1. The molecule has 2 rings (SSSR count). The van der Waals surface area contributed by atoms with Crippen LogP contribution in [0.5, 0.6) is 0 Å². The molecule has 2 aromatic rings. The van der Waals surface area contributed by atoms with Crippen LogP contribution in [0.25, 0.3) is 11.1 Å². The number of hydrogen-bond donors (Lipinski definition) is 0. The molecule has 0 saturated heterocycles. The summed E-state index contributed by atoms with van der Waals surface area (Å²) < 4.78 is 25.6. The molecule has 0 saturated carbocycles. The van der Waals surface area contributed by atoms with Crippen LogP contribution in [0.3, 0.4) is 0 Å². The lowest BCUT2D eigenvalue weighted by atomic mass is 10.0. The van der Waals surface area contributed by atoms with Crippen molar-refractivity contribution >= 4 is 11.6 Å². The fourth-order valence-corrected chi connectivity index (χ4v) is 1.67. The molecule has 0 atom stereocenters. The highest BCUT2D eigenvalue weighted by atomic mass is 35.5. The number of nitrogens with zero attached hydrogens (tertiary/aromatic N) is 1. The molecule has 0 aliphatic rings. The van der Waals surface area contributed by atoms with Gasteiger partial charge in [-0.2, -0.15) is 4.39 Å². The van der Waals surface area contributed by atoms with Crippen LogP contribution in [0.4, 0.5) is 8.78 Å². The Bertz CT molecular complexity index is 497. The Morgan fingerprint density at radius 3 is 2.31 bits per heavy atom. The first kappa shape index (κ1) is 11.0. The van der Waals surface area contributed by atoms with Crippen molar-refractivity contribution < 1.29 is 8.78 Å². The highest BCUT2D eigenvalue weighted by molar-refractivity contribution is 6.17. The van der Waals surface area contributed by atoms with Crippen molar-refractivity contribution in [3.05, 3.63) is 53.9 Å². The summed E-state index contributed by atoms with van der Waals surface area (Å²) in [6.45, 7) is 0. The van der Waals surface area contributed by atoms with Gasteiger partial charge in [-0.05, 0) is 29.8 Å². The summed E-state index contributed by atoms with van der Waals surface area (Å²) in [7, 11) is 0. The molecule has 0 aliphatic carbocycles.